The predicted octanol–water partition coefficient (Wildman–Crippen LogP) is 2.66. The maximum Gasteiger partial charge on any atom is 0.303 e. The molecule has 0 spiro atoms. The summed E-state index contributed by atoms with van der Waals surface area (Å²) in [5, 5.41) is 6.22. The van der Waals surface area contributed by atoms with Crippen molar-refractivity contribution >= 4 is 23.8 Å². The first-order chi connectivity index (χ1) is 12.6. The molecule has 1 saturated heterocycles. The zero-order valence-corrected chi connectivity index (χ0v) is 14.4. The fourth-order valence-electron chi connectivity index (χ4n) is 3.61. The Hall–Kier alpha value is -3.15. The third-order valence-electron chi connectivity index (χ3n) is 4.71. The maximum atomic E-state index is 13.0. The van der Waals surface area contributed by atoms with E-state index in [4.69, 9.17) is 4.74 Å². The molecule has 132 valence electrons. The second kappa shape index (κ2) is 6.63. The number of hydrazone groups is 1. The molecule has 1 fully saturated rings. The molecule has 2 aromatic carbocycles. The molecular weight excluding hydrogens is 330 g/mol. The zero-order chi connectivity index (χ0) is 18.1. The number of carbonyl (C=O) groups excluding carboxylic acids is 2. The number of anilines is 1. The number of benzene rings is 2. The SMILES string of the molecule is CC(=O)OC1CC(C(=O)c2ccccc2)N2N=CN(c3ccccc3)C12. The monoisotopic (exact) mass is 349 g/mol. The van der Waals surface area contributed by atoms with Gasteiger partial charge in [0.2, 0.25) is 0 Å². The van der Waals surface area contributed by atoms with Gasteiger partial charge in [-0.25, -0.2) is 0 Å². The van der Waals surface area contributed by atoms with Crippen LogP contribution in [0, 0.1) is 0 Å². The summed E-state index contributed by atoms with van der Waals surface area (Å²) in [6, 6.07) is 18.4. The minimum Gasteiger partial charge on any atom is -0.458 e. The Bertz CT molecular complexity index is 838. The number of fused-ring (bicyclic) bond motifs is 1. The third-order valence-corrected chi connectivity index (χ3v) is 4.71. The van der Waals surface area contributed by atoms with E-state index in [2.05, 4.69) is 5.10 Å². The van der Waals surface area contributed by atoms with Crippen LogP contribution in [0.2, 0.25) is 0 Å². The number of ether oxygens (including phenoxy) is 1. The molecule has 0 aliphatic carbocycles. The topological polar surface area (TPSA) is 62.2 Å². The first kappa shape index (κ1) is 16.3. The highest BCUT2D eigenvalue weighted by Gasteiger charge is 2.51. The Kier molecular flexibility index (Phi) is 4.16. The van der Waals surface area contributed by atoms with Gasteiger partial charge in [-0.1, -0.05) is 48.5 Å². The standard InChI is InChI=1S/C20H19N3O3/c1-14(24)26-18-12-17(19(25)15-8-4-2-5-9-15)23-20(18)22(13-21-23)16-10-6-3-7-11-16/h2-11,13,17-18,20H,12H2,1H3. The zero-order valence-electron chi connectivity index (χ0n) is 14.4. The van der Waals surface area contributed by atoms with Crippen LogP contribution < -0.4 is 4.90 Å². The van der Waals surface area contributed by atoms with E-state index < -0.39 is 12.1 Å². The minimum absolute atomic E-state index is 0.0164. The van der Waals surface area contributed by atoms with Gasteiger partial charge in [-0.2, -0.15) is 5.10 Å². The fraction of sp³-hybridized carbons (Fsp3) is 0.250. The number of hydrogen-bond acceptors (Lipinski definition) is 6. The number of nitrogens with zero attached hydrogens (tertiary/aromatic N) is 3. The Labute approximate surface area is 151 Å². The van der Waals surface area contributed by atoms with Gasteiger partial charge in [-0.15, -0.1) is 0 Å². The summed E-state index contributed by atoms with van der Waals surface area (Å²) >= 11 is 0. The molecule has 0 aromatic heterocycles. The molecule has 2 heterocycles. The van der Waals surface area contributed by atoms with Gasteiger partial charge in [0, 0.05) is 24.6 Å². The number of para-hydroxylation sites is 1. The molecule has 0 amide bonds. The molecule has 3 atom stereocenters. The van der Waals surface area contributed by atoms with E-state index in [0.29, 0.717) is 12.0 Å². The highest BCUT2D eigenvalue weighted by molar-refractivity contribution is 6.01. The third kappa shape index (κ3) is 2.83. The smallest absolute Gasteiger partial charge is 0.303 e. The van der Waals surface area contributed by atoms with Crippen LogP contribution in [0.1, 0.15) is 23.7 Å². The van der Waals surface area contributed by atoms with Crippen LogP contribution in [0.4, 0.5) is 5.69 Å². The number of Topliss-reactive ketones (excluding diaryl/α,β-unsaturated/α-hetero) is 1. The van der Waals surface area contributed by atoms with Crippen LogP contribution >= 0.6 is 0 Å². The molecular formula is C20H19N3O3. The summed E-state index contributed by atoms with van der Waals surface area (Å²) in [6.07, 6.45) is 1.35. The van der Waals surface area contributed by atoms with Crippen LogP contribution in [0.5, 0.6) is 0 Å². The van der Waals surface area contributed by atoms with Crippen LogP contribution in [-0.4, -0.2) is 41.4 Å². The first-order valence-electron chi connectivity index (χ1n) is 8.57. The molecule has 3 unspecified atom stereocenters. The number of ketones is 1. The lowest BCUT2D eigenvalue weighted by Gasteiger charge is -2.29. The molecule has 26 heavy (non-hydrogen) atoms. The summed E-state index contributed by atoms with van der Waals surface area (Å²) in [5.74, 6) is -0.375. The van der Waals surface area contributed by atoms with E-state index in [0.717, 1.165) is 5.69 Å². The van der Waals surface area contributed by atoms with E-state index >= 15 is 0 Å². The van der Waals surface area contributed by atoms with E-state index in [1.807, 2.05) is 53.4 Å². The van der Waals surface area contributed by atoms with E-state index in [1.54, 1.807) is 23.5 Å². The minimum atomic E-state index is -0.461. The molecule has 2 aromatic rings. The number of rotatable bonds is 4. The highest BCUT2D eigenvalue weighted by atomic mass is 16.5. The van der Waals surface area contributed by atoms with Crippen molar-refractivity contribution in [3.05, 3.63) is 66.2 Å². The van der Waals surface area contributed by atoms with Gasteiger partial charge in [0.25, 0.3) is 0 Å². The molecule has 6 heteroatoms. The van der Waals surface area contributed by atoms with Gasteiger partial charge >= 0.3 is 5.97 Å². The Morgan fingerprint density at radius 1 is 1.04 bits per heavy atom. The molecule has 2 aliphatic heterocycles. The van der Waals surface area contributed by atoms with Gasteiger partial charge in [-0.05, 0) is 12.1 Å². The van der Waals surface area contributed by atoms with Crippen molar-refractivity contribution in [1.29, 1.82) is 0 Å². The molecule has 0 saturated carbocycles. The number of hydrogen-bond donors (Lipinski definition) is 0. The van der Waals surface area contributed by atoms with Gasteiger partial charge in [0.15, 0.2) is 11.9 Å². The van der Waals surface area contributed by atoms with Gasteiger partial charge < -0.3 is 9.64 Å². The average molecular weight is 349 g/mol. The lowest BCUT2D eigenvalue weighted by Crippen LogP contribution is -2.45. The van der Waals surface area contributed by atoms with Crippen molar-refractivity contribution in [2.75, 3.05) is 4.90 Å². The van der Waals surface area contributed by atoms with Crippen LogP contribution in [-0.2, 0) is 9.53 Å². The largest absolute Gasteiger partial charge is 0.458 e. The highest BCUT2D eigenvalue weighted by Crippen LogP contribution is 2.36. The molecule has 0 bridgehead atoms. The molecule has 6 nitrogen and oxygen atoms in total. The van der Waals surface area contributed by atoms with Crippen LogP contribution in [0.15, 0.2) is 65.8 Å². The van der Waals surface area contributed by atoms with Crippen molar-refractivity contribution in [3.8, 4) is 0 Å². The molecule has 0 radical (unpaired) electrons. The van der Waals surface area contributed by atoms with Gasteiger partial charge in [-0.3, -0.25) is 14.6 Å². The van der Waals surface area contributed by atoms with Crippen LogP contribution in [0.3, 0.4) is 0 Å². The predicted molar refractivity (Wildman–Crippen MR) is 97.8 cm³/mol. The second-order valence-electron chi connectivity index (χ2n) is 6.40. The van der Waals surface area contributed by atoms with E-state index in [9.17, 15) is 9.59 Å². The van der Waals surface area contributed by atoms with Gasteiger partial charge in [0.1, 0.15) is 18.5 Å². The maximum absolute atomic E-state index is 13.0. The Morgan fingerprint density at radius 3 is 2.35 bits per heavy atom. The van der Waals surface area contributed by atoms with Crippen molar-refractivity contribution < 1.29 is 14.3 Å². The average Bonchev–Trinajstić information content (AvgIpc) is 3.24. The Morgan fingerprint density at radius 2 is 1.69 bits per heavy atom. The van der Waals surface area contributed by atoms with Crippen molar-refractivity contribution in [1.82, 2.24) is 5.01 Å². The molecule has 0 N–H and O–H groups in total. The quantitative estimate of drug-likeness (QED) is 0.627. The van der Waals surface area contributed by atoms with Crippen LogP contribution in [0.25, 0.3) is 0 Å². The van der Waals surface area contributed by atoms with Crippen molar-refractivity contribution in [3.63, 3.8) is 0 Å². The summed E-state index contributed by atoms with van der Waals surface area (Å²) in [5.41, 5.74) is 1.57. The second-order valence-corrected chi connectivity index (χ2v) is 6.40. The molecule has 2 aliphatic rings. The first-order valence-corrected chi connectivity index (χ1v) is 8.57. The van der Waals surface area contributed by atoms with Gasteiger partial charge in [0.05, 0.1) is 0 Å². The Balaban J connectivity index is 1.65. The summed E-state index contributed by atoms with van der Waals surface area (Å²) < 4.78 is 5.54. The lowest BCUT2D eigenvalue weighted by atomic mass is 10.0. The summed E-state index contributed by atoms with van der Waals surface area (Å²) in [4.78, 5) is 26.5. The lowest BCUT2D eigenvalue weighted by molar-refractivity contribution is -0.147. The number of esters is 1. The molecule has 4 rings (SSSR count). The van der Waals surface area contributed by atoms with E-state index in [-0.39, 0.29) is 17.9 Å². The fourth-order valence-corrected chi connectivity index (χ4v) is 3.61. The number of carbonyl (C=O) groups is 2. The van der Waals surface area contributed by atoms with Crippen molar-refractivity contribution in [2.24, 2.45) is 5.10 Å². The normalized spacial score (nSPS) is 23.8. The summed E-state index contributed by atoms with van der Waals surface area (Å²) in [6.45, 7) is 1.39. The summed E-state index contributed by atoms with van der Waals surface area (Å²) in [7, 11) is 0. The van der Waals surface area contributed by atoms with E-state index in [1.165, 1.54) is 6.92 Å². The van der Waals surface area contributed by atoms with Crippen molar-refractivity contribution in [2.45, 2.75) is 31.7 Å².